The molecule has 1 fully saturated rings. The summed E-state index contributed by atoms with van der Waals surface area (Å²) in [5.41, 5.74) is 0. The smallest absolute Gasteiger partial charge is 0.325 e. The van der Waals surface area contributed by atoms with Gasteiger partial charge in [0.25, 0.3) is 11.8 Å². The Morgan fingerprint density at radius 3 is 2.71 bits per heavy atom. The molecule has 0 spiro atoms. The molecule has 7 heteroatoms. The molecule has 1 saturated carbocycles. The largest absolute Gasteiger partial charge is 0.454 e. The molecule has 2 N–H and O–H groups in total. The Bertz CT molecular complexity index is 495. The lowest BCUT2D eigenvalue weighted by Crippen LogP contribution is -2.37. The van der Waals surface area contributed by atoms with Crippen LogP contribution in [0.2, 0.25) is 0 Å². The lowest BCUT2D eigenvalue weighted by Gasteiger charge is -2.12. The molecule has 21 heavy (non-hydrogen) atoms. The third-order valence-electron chi connectivity index (χ3n) is 3.22. The standard InChI is InChI=1S/C14H18N2O4S/c17-12(16-10-4-1-2-5-10)9-20-13(18)8-15-14(19)11-6-3-7-21-11/h3,6-7,10H,1-2,4-5,8-9H2,(H,15,19)(H,16,17). The molecule has 0 aromatic carbocycles. The van der Waals surface area contributed by atoms with Gasteiger partial charge in [0.05, 0.1) is 4.88 Å². The van der Waals surface area contributed by atoms with Gasteiger partial charge in [0.1, 0.15) is 6.54 Å². The Morgan fingerprint density at radius 2 is 2.05 bits per heavy atom. The van der Waals surface area contributed by atoms with E-state index in [1.54, 1.807) is 17.5 Å². The van der Waals surface area contributed by atoms with E-state index in [2.05, 4.69) is 10.6 Å². The summed E-state index contributed by atoms with van der Waals surface area (Å²) in [5, 5.41) is 7.04. The Balaban J connectivity index is 1.60. The number of rotatable bonds is 6. The summed E-state index contributed by atoms with van der Waals surface area (Å²) >= 11 is 1.29. The van der Waals surface area contributed by atoms with Crippen LogP contribution in [0.3, 0.4) is 0 Å². The molecule has 1 aliphatic carbocycles. The van der Waals surface area contributed by atoms with E-state index in [0.29, 0.717) is 4.88 Å². The molecular formula is C14H18N2O4S. The van der Waals surface area contributed by atoms with Gasteiger partial charge in [-0.05, 0) is 24.3 Å². The Labute approximate surface area is 126 Å². The molecule has 0 aliphatic heterocycles. The number of amides is 2. The van der Waals surface area contributed by atoms with Crippen LogP contribution in [-0.2, 0) is 14.3 Å². The van der Waals surface area contributed by atoms with Gasteiger partial charge in [0.2, 0.25) is 0 Å². The highest BCUT2D eigenvalue weighted by molar-refractivity contribution is 7.12. The van der Waals surface area contributed by atoms with Crippen LogP contribution in [0.25, 0.3) is 0 Å². The van der Waals surface area contributed by atoms with Gasteiger partial charge in [-0.25, -0.2) is 0 Å². The van der Waals surface area contributed by atoms with Gasteiger partial charge in [-0.15, -0.1) is 11.3 Å². The molecule has 0 radical (unpaired) electrons. The van der Waals surface area contributed by atoms with Crippen LogP contribution in [-0.4, -0.2) is 37.0 Å². The highest BCUT2D eigenvalue weighted by Crippen LogP contribution is 2.17. The average molecular weight is 310 g/mol. The molecule has 6 nitrogen and oxygen atoms in total. The van der Waals surface area contributed by atoms with Crippen molar-refractivity contribution in [1.29, 1.82) is 0 Å². The van der Waals surface area contributed by atoms with Crippen molar-refractivity contribution < 1.29 is 19.1 Å². The first kappa shape index (κ1) is 15.5. The number of carbonyl (C=O) groups is 3. The zero-order valence-electron chi connectivity index (χ0n) is 11.6. The van der Waals surface area contributed by atoms with Gasteiger partial charge in [-0.2, -0.15) is 0 Å². The van der Waals surface area contributed by atoms with E-state index in [9.17, 15) is 14.4 Å². The van der Waals surface area contributed by atoms with Crippen molar-refractivity contribution in [3.05, 3.63) is 22.4 Å². The van der Waals surface area contributed by atoms with E-state index >= 15 is 0 Å². The second kappa shape index (κ2) is 7.78. The van der Waals surface area contributed by atoms with Crippen LogP contribution in [0, 0.1) is 0 Å². The fraction of sp³-hybridized carbons (Fsp3) is 0.500. The molecule has 0 atom stereocenters. The molecule has 1 aliphatic rings. The molecule has 2 rings (SSSR count). The monoisotopic (exact) mass is 310 g/mol. The van der Waals surface area contributed by atoms with Crippen LogP contribution < -0.4 is 10.6 Å². The minimum atomic E-state index is -0.624. The van der Waals surface area contributed by atoms with Crippen molar-refractivity contribution in [1.82, 2.24) is 10.6 Å². The van der Waals surface area contributed by atoms with Crippen molar-refractivity contribution in [2.24, 2.45) is 0 Å². The Kier molecular flexibility index (Phi) is 5.74. The molecule has 1 aromatic rings. The molecular weight excluding hydrogens is 292 g/mol. The van der Waals surface area contributed by atoms with Gasteiger partial charge in [0, 0.05) is 6.04 Å². The minimum absolute atomic E-state index is 0.203. The summed E-state index contributed by atoms with van der Waals surface area (Å²) in [5.74, 6) is -1.24. The number of thiophene rings is 1. The van der Waals surface area contributed by atoms with E-state index in [1.807, 2.05) is 0 Å². The summed E-state index contributed by atoms with van der Waals surface area (Å²) < 4.78 is 4.82. The van der Waals surface area contributed by atoms with Gasteiger partial charge in [-0.3, -0.25) is 14.4 Å². The number of hydrogen-bond acceptors (Lipinski definition) is 5. The topological polar surface area (TPSA) is 84.5 Å². The molecule has 0 unspecified atom stereocenters. The maximum atomic E-state index is 11.6. The summed E-state index contributed by atoms with van der Waals surface area (Å²) in [6.07, 6.45) is 4.21. The predicted octanol–water partition coefficient (Wildman–Crippen LogP) is 1.08. The molecule has 2 amide bonds. The quantitative estimate of drug-likeness (QED) is 0.770. The van der Waals surface area contributed by atoms with Crippen LogP contribution in [0.4, 0.5) is 0 Å². The van der Waals surface area contributed by atoms with Crippen LogP contribution in [0.1, 0.15) is 35.4 Å². The second-order valence-electron chi connectivity index (χ2n) is 4.87. The van der Waals surface area contributed by atoms with Gasteiger partial charge >= 0.3 is 5.97 Å². The summed E-state index contributed by atoms with van der Waals surface area (Å²) in [7, 11) is 0. The normalized spacial score (nSPS) is 14.7. The van der Waals surface area contributed by atoms with E-state index in [-0.39, 0.29) is 31.0 Å². The maximum Gasteiger partial charge on any atom is 0.325 e. The van der Waals surface area contributed by atoms with Crippen molar-refractivity contribution in [2.75, 3.05) is 13.2 Å². The first-order valence-electron chi connectivity index (χ1n) is 6.92. The van der Waals surface area contributed by atoms with E-state index in [0.717, 1.165) is 25.7 Å². The molecule has 1 aromatic heterocycles. The third kappa shape index (κ3) is 5.18. The Hall–Kier alpha value is -1.89. The maximum absolute atomic E-state index is 11.6. The zero-order valence-corrected chi connectivity index (χ0v) is 12.4. The van der Waals surface area contributed by atoms with Crippen LogP contribution >= 0.6 is 11.3 Å². The van der Waals surface area contributed by atoms with Crippen molar-refractivity contribution >= 4 is 29.1 Å². The molecule has 114 valence electrons. The van der Waals surface area contributed by atoms with Crippen LogP contribution in [0.5, 0.6) is 0 Å². The second-order valence-corrected chi connectivity index (χ2v) is 5.82. The lowest BCUT2D eigenvalue weighted by atomic mass is 10.2. The molecule has 0 bridgehead atoms. The summed E-state index contributed by atoms with van der Waals surface area (Å²) in [6, 6.07) is 3.63. The number of carbonyl (C=O) groups excluding carboxylic acids is 3. The van der Waals surface area contributed by atoms with Gasteiger partial charge in [0.15, 0.2) is 6.61 Å². The minimum Gasteiger partial charge on any atom is -0.454 e. The van der Waals surface area contributed by atoms with E-state index < -0.39 is 5.97 Å². The highest BCUT2D eigenvalue weighted by atomic mass is 32.1. The van der Waals surface area contributed by atoms with E-state index in [1.165, 1.54) is 11.3 Å². The Morgan fingerprint density at radius 1 is 1.29 bits per heavy atom. The van der Waals surface area contributed by atoms with Gasteiger partial charge in [-0.1, -0.05) is 18.9 Å². The predicted molar refractivity (Wildman–Crippen MR) is 78.0 cm³/mol. The summed E-state index contributed by atoms with van der Waals surface area (Å²) in [6.45, 7) is -0.544. The number of nitrogens with one attached hydrogen (secondary N) is 2. The molecule has 1 heterocycles. The molecule has 0 saturated heterocycles. The highest BCUT2D eigenvalue weighted by Gasteiger charge is 2.18. The zero-order chi connectivity index (χ0) is 15.1. The van der Waals surface area contributed by atoms with Crippen molar-refractivity contribution in [2.45, 2.75) is 31.7 Å². The van der Waals surface area contributed by atoms with Crippen molar-refractivity contribution in [3.8, 4) is 0 Å². The first-order valence-corrected chi connectivity index (χ1v) is 7.80. The van der Waals surface area contributed by atoms with Crippen molar-refractivity contribution in [3.63, 3.8) is 0 Å². The number of hydrogen-bond donors (Lipinski definition) is 2. The van der Waals surface area contributed by atoms with Crippen LogP contribution in [0.15, 0.2) is 17.5 Å². The number of ether oxygens (including phenoxy) is 1. The third-order valence-corrected chi connectivity index (χ3v) is 4.09. The van der Waals surface area contributed by atoms with E-state index in [4.69, 9.17) is 4.74 Å². The van der Waals surface area contributed by atoms with Gasteiger partial charge < -0.3 is 15.4 Å². The average Bonchev–Trinajstić information content (AvgIpc) is 3.15. The lowest BCUT2D eigenvalue weighted by molar-refractivity contribution is -0.147. The first-order chi connectivity index (χ1) is 10.1. The SMILES string of the molecule is O=C(COC(=O)CNC(=O)c1cccs1)NC1CCCC1. The fourth-order valence-corrected chi connectivity index (χ4v) is 2.82. The fourth-order valence-electron chi connectivity index (χ4n) is 2.18. The number of esters is 1. The summed E-state index contributed by atoms with van der Waals surface area (Å²) in [4.78, 5) is 35.1.